The summed E-state index contributed by atoms with van der Waals surface area (Å²) in [5.74, 6) is 1.94. The van der Waals surface area contributed by atoms with Crippen LogP contribution in [-0.2, 0) is 11.3 Å². The van der Waals surface area contributed by atoms with Gasteiger partial charge in [-0.2, -0.15) is 0 Å². The maximum atomic E-state index is 13.6. The molecule has 3 atom stereocenters. The van der Waals surface area contributed by atoms with Gasteiger partial charge in [-0.05, 0) is 37.4 Å². The van der Waals surface area contributed by atoms with Crippen molar-refractivity contribution in [1.82, 2.24) is 10.2 Å². The summed E-state index contributed by atoms with van der Waals surface area (Å²) in [6.45, 7) is 2.45. The number of benzene rings is 1. The van der Waals surface area contributed by atoms with Crippen LogP contribution in [-0.4, -0.2) is 49.8 Å². The third-order valence-electron chi connectivity index (χ3n) is 6.54. The van der Waals surface area contributed by atoms with Gasteiger partial charge in [0.2, 0.25) is 5.91 Å². The van der Waals surface area contributed by atoms with E-state index in [1.165, 1.54) is 6.42 Å². The molecular formula is C20H28N2O4. The van der Waals surface area contributed by atoms with Crippen LogP contribution in [0.25, 0.3) is 0 Å². The molecule has 0 radical (unpaired) electrons. The highest BCUT2D eigenvalue weighted by molar-refractivity contribution is 5.84. The molecule has 1 aromatic carbocycles. The van der Waals surface area contributed by atoms with E-state index >= 15 is 0 Å². The van der Waals surface area contributed by atoms with Gasteiger partial charge in [-0.15, -0.1) is 0 Å². The van der Waals surface area contributed by atoms with Crippen molar-refractivity contribution < 1.29 is 19.4 Å². The van der Waals surface area contributed by atoms with Gasteiger partial charge in [-0.25, -0.2) is 0 Å². The molecule has 0 spiro atoms. The number of ether oxygens (including phenoxy) is 2. The fraction of sp³-hybridized carbons (Fsp3) is 0.650. The summed E-state index contributed by atoms with van der Waals surface area (Å²) < 4.78 is 10.9. The molecule has 1 saturated carbocycles. The van der Waals surface area contributed by atoms with Crippen LogP contribution in [0.4, 0.5) is 0 Å². The molecule has 1 aliphatic carbocycles. The summed E-state index contributed by atoms with van der Waals surface area (Å²) in [5, 5.41) is 14.2. The number of rotatable bonds is 3. The van der Waals surface area contributed by atoms with Gasteiger partial charge in [0.05, 0.1) is 26.2 Å². The fourth-order valence-electron chi connectivity index (χ4n) is 5.21. The minimum atomic E-state index is -0.763. The Morgan fingerprint density at radius 3 is 2.81 bits per heavy atom. The first kappa shape index (κ1) is 17.6. The summed E-state index contributed by atoms with van der Waals surface area (Å²) in [4.78, 5) is 15.4. The molecule has 26 heavy (non-hydrogen) atoms. The van der Waals surface area contributed by atoms with E-state index in [-0.39, 0.29) is 11.3 Å². The van der Waals surface area contributed by atoms with Crippen molar-refractivity contribution in [3.63, 3.8) is 0 Å². The first-order chi connectivity index (χ1) is 12.6. The zero-order chi connectivity index (χ0) is 18.3. The molecular weight excluding hydrogens is 332 g/mol. The summed E-state index contributed by atoms with van der Waals surface area (Å²) in [5.41, 5.74) is 1.30. The number of carbonyl (C=O) groups excluding carboxylic acids is 1. The number of nitrogens with zero attached hydrogens (tertiary/aromatic N) is 1. The second-order valence-corrected chi connectivity index (χ2v) is 7.79. The summed E-state index contributed by atoms with van der Waals surface area (Å²) in [6, 6.07) is 3.66. The van der Waals surface area contributed by atoms with Crippen LogP contribution in [0.5, 0.6) is 11.5 Å². The summed E-state index contributed by atoms with van der Waals surface area (Å²) in [6.07, 6.45) is 3.60. The van der Waals surface area contributed by atoms with Gasteiger partial charge in [0, 0.05) is 24.2 Å². The fourth-order valence-corrected chi connectivity index (χ4v) is 5.21. The number of nitrogens with one attached hydrogen (secondary N) is 1. The molecule has 6 nitrogen and oxygen atoms in total. The van der Waals surface area contributed by atoms with E-state index in [2.05, 4.69) is 5.32 Å². The van der Waals surface area contributed by atoms with E-state index in [1.54, 1.807) is 14.2 Å². The number of methoxy groups -OCH3 is 2. The molecule has 2 N–H and O–H groups in total. The molecule has 1 amide bonds. The molecule has 6 heteroatoms. The number of carbonyl (C=O) groups is 1. The molecule has 1 unspecified atom stereocenters. The van der Waals surface area contributed by atoms with Crippen molar-refractivity contribution in [2.75, 3.05) is 33.9 Å². The van der Waals surface area contributed by atoms with Crippen LogP contribution in [0, 0.1) is 11.3 Å². The second kappa shape index (κ2) is 6.74. The third-order valence-corrected chi connectivity index (χ3v) is 6.54. The topological polar surface area (TPSA) is 71.0 Å². The summed E-state index contributed by atoms with van der Waals surface area (Å²) in [7, 11) is 3.22. The lowest BCUT2D eigenvalue weighted by molar-refractivity contribution is -0.148. The van der Waals surface area contributed by atoms with Gasteiger partial charge in [0.15, 0.2) is 0 Å². The molecule has 0 aromatic heterocycles. The van der Waals surface area contributed by atoms with Crippen molar-refractivity contribution in [1.29, 1.82) is 0 Å². The number of hydrogen-bond donors (Lipinski definition) is 2. The highest BCUT2D eigenvalue weighted by atomic mass is 16.5. The van der Waals surface area contributed by atoms with Gasteiger partial charge < -0.3 is 24.8 Å². The van der Waals surface area contributed by atoms with Crippen LogP contribution in [0.3, 0.4) is 0 Å². The van der Waals surface area contributed by atoms with Crippen LogP contribution >= 0.6 is 0 Å². The van der Waals surface area contributed by atoms with Crippen LogP contribution in [0.2, 0.25) is 0 Å². The molecule has 2 heterocycles. The number of amides is 1. The molecule has 2 fully saturated rings. The Kier molecular flexibility index (Phi) is 4.57. The van der Waals surface area contributed by atoms with Crippen LogP contribution < -0.4 is 14.8 Å². The molecule has 1 saturated heterocycles. The first-order valence-corrected chi connectivity index (χ1v) is 9.52. The predicted octanol–water partition coefficient (Wildman–Crippen LogP) is 1.86. The van der Waals surface area contributed by atoms with Gasteiger partial charge in [0.1, 0.15) is 17.6 Å². The monoisotopic (exact) mass is 360 g/mol. The van der Waals surface area contributed by atoms with Crippen molar-refractivity contribution in [2.24, 2.45) is 11.3 Å². The zero-order valence-corrected chi connectivity index (χ0v) is 15.6. The maximum absolute atomic E-state index is 13.6. The Hall–Kier alpha value is -1.79. The average Bonchev–Trinajstić information content (AvgIpc) is 3.11. The SMILES string of the molecule is COc1ccc(OC)c2c1CN(C(=O)[C@@]13CCCC[C@H]1CNC3)CC2O. The lowest BCUT2D eigenvalue weighted by Gasteiger charge is -2.43. The standard InChI is InChI=1S/C20H28N2O4/c1-25-16-6-7-17(26-2)18-14(16)10-22(11-15(18)23)19(24)20-8-4-3-5-13(20)9-21-12-20/h6-7,13,15,21,23H,3-5,8-12H2,1-2H3/t13-,15?,20+/m0/s1. The minimum Gasteiger partial charge on any atom is -0.496 e. The first-order valence-electron chi connectivity index (χ1n) is 9.52. The molecule has 0 bridgehead atoms. The van der Waals surface area contributed by atoms with Crippen molar-refractivity contribution in [3.05, 3.63) is 23.3 Å². The van der Waals surface area contributed by atoms with Crippen molar-refractivity contribution >= 4 is 5.91 Å². The number of β-amino-alcohol motifs (C(OH)–C–C–N with tert-alkyl or cyclic N) is 1. The Morgan fingerprint density at radius 1 is 1.27 bits per heavy atom. The van der Waals surface area contributed by atoms with Crippen molar-refractivity contribution in [3.8, 4) is 11.5 Å². The third kappa shape index (κ3) is 2.58. The Labute approximate surface area is 154 Å². The number of aliphatic hydroxyl groups excluding tert-OH is 1. The van der Waals surface area contributed by atoms with E-state index in [0.717, 1.165) is 43.5 Å². The lowest BCUT2D eigenvalue weighted by atomic mass is 9.67. The van der Waals surface area contributed by atoms with E-state index in [9.17, 15) is 9.90 Å². The summed E-state index contributed by atoms with van der Waals surface area (Å²) >= 11 is 0. The van der Waals surface area contributed by atoms with Crippen molar-refractivity contribution in [2.45, 2.75) is 38.3 Å². The van der Waals surface area contributed by atoms with Gasteiger partial charge in [-0.3, -0.25) is 4.79 Å². The van der Waals surface area contributed by atoms with Crippen LogP contribution in [0.1, 0.15) is 42.9 Å². The Bertz CT molecular complexity index is 707. The number of fused-ring (bicyclic) bond motifs is 2. The highest BCUT2D eigenvalue weighted by Crippen LogP contribution is 2.47. The minimum absolute atomic E-state index is 0.182. The lowest BCUT2D eigenvalue weighted by Crippen LogP contribution is -2.51. The molecule has 4 rings (SSSR count). The smallest absolute Gasteiger partial charge is 0.230 e. The Morgan fingerprint density at radius 2 is 2.04 bits per heavy atom. The van der Waals surface area contributed by atoms with Crippen LogP contribution in [0.15, 0.2) is 12.1 Å². The van der Waals surface area contributed by atoms with E-state index in [0.29, 0.717) is 30.5 Å². The highest BCUT2D eigenvalue weighted by Gasteiger charge is 2.52. The van der Waals surface area contributed by atoms with Gasteiger partial charge in [-0.1, -0.05) is 12.8 Å². The predicted molar refractivity (Wildman–Crippen MR) is 97.2 cm³/mol. The van der Waals surface area contributed by atoms with Gasteiger partial charge >= 0.3 is 0 Å². The second-order valence-electron chi connectivity index (χ2n) is 7.79. The molecule has 2 aliphatic heterocycles. The van der Waals surface area contributed by atoms with E-state index < -0.39 is 6.10 Å². The zero-order valence-electron chi connectivity index (χ0n) is 15.6. The number of aliphatic hydroxyl groups is 1. The Balaban J connectivity index is 1.68. The maximum Gasteiger partial charge on any atom is 0.230 e. The van der Waals surface area contributed by atoms with E-state index in [1.807, 2.05) is 17.0 Å². The largest absolute Gasteiger partial charge is 0.496 e. The molecule has 1 aromatic rings. The van der Waals surface area contributed by atoms with Gasteiger partial charge in [0.25, 0.3) is 0 Å². The van der Waals surface area contributed by atoms with E-state index in [4.69, 9.17) is 9.47 Å². The average molecular weight is 360 g/mol. The quantitative estimate of drug-likeness (QED) is 0.861. The molecule has 3 aliphatic rings. The number of hydrogen-bond acceptors (Lipinski definition) is 5. The normalized spacial score (nSPS) is 30.5. The molecule has 142 valence electrons.